The van der Waals surface area contributed by atoms with E-state index in [2.05, 4.69) is 11.1 Å². The van der Waals surface area contributed by atoms with Gasteiger partial charge < -0.3 is 9.31 Å². The van der Waals surface area contributed by atoms with E-state index in [0.717, 1.165) is 5.56 Å². The van der Waals surface area contributed by atoms with E-state index in [-0.39, 0.29) is 0 Å². The normalized spacial score (nSPS) is 20.8. The molecule has 1 aliphatic rings. The molecule has 1 aromatic rings. The molecule has 0 aromatic carbocycles. The lowest BCUT2D eigenvalue weighted by Crippen LogP contribution is -2.41. The van der Waals surface area contributed by atoms with Crippen molar-refractivity contribution >= 4 is 12.6 Å². The zero-order valence-electron chi connectivity index (χ0n) is 11.4. The highest BCUT2D eigenvalue weighted by atomic mass is 16.7. The summed E-state index contributed by atoms with van der Waals surface area (Å²) in [4.78, 5) is 4.12. The van der Waals surface area contributed by atoms with Gasteiger partial charge in [0.05, 0.1) is 22.8 Å². The fourth-order valence-corrected chi connectivity index (χ4v) is 1.89. The molecule has 0 spiro atoms. The van der Waals surface area contributed by atoms with Crippen LogP contribution in [0.25, 0.3) is 0 Å². The number of aromatic nitrogens is 1. The van der Waals surface area contributed by atoms with Crippen molar-refractivity contribution in [3.63, 3.8) is 0 Å². The van der Waals surface area contributed by atoms with Gasteiger partial charge in [0, 0.05) is 17.9 Å². The van der Waals surface area contributed by atoms with Gasteiger partial charge in [0.1, 0.15) is 0 Å². The van der Waals surface area contributed by atoms with E-state index >= 15 is 0 Å². The Bertz CT molecular complexity index is 504. The molecule has 0 amide bonds. The van der Waals surface area contributed by atoms with E-state index in [0.29, 0.717) is 11.0 Å². The van der Waals surface area contributed by atoms with Crippen LogP contribution in [0, 0.1) is 18.3 Å². The second-order valence-corrected chi connectivity index (χ2v) is 5.62. The SMILES string of the molecule is Cc1cncc(B2OC(C)(C)C(C)(C)O2)c1C#N. The lowest BCUT2D eigenvalue weighted by atomic mass is 9.76. The molecule has 4 nitrogen and oxygen atoms in total. The quantitative estimate of drug-likeness (QED) is 0.703. The fourth-order valence-electron chi connectivity index (χ4n) is 1.89. The molecule has 5 heteroatoms. The number of hydrogen-bond donors (Lipinski definition) is 0. The van der Waals surface area contributed by atoms with Gasteiger partial charge in [-0.25, -0.2) is 0 Å². The lowest BCUT2D eigenvalue weighted by Gasteiger charge is -2.32. The molecule has 0 aliphatic carbocycles. The van der Waals surface area contributed by atoms with Crippen LogP contribution in [-0.4, -0.2) is 23.3 Å². The minimum atomic E-state index is -0.531. The molecule has 94 valence electrons. The highest BCUT2D eigenvalue weighted by Crippen LogP contribution is 2.36. The fraction of sp³-hybridized carbons (Fsp3) is 0.538. The van der Waals surface area contributed by atoms with Crippen LogP contribution in [0.3, 0.4) is 0 Å². The minimum absolute atomic E-state index is 0.409. The molecule has 1 fully saturated rings. The van der Waals surface area contributed by atoms with Crippen LogP contribution in [0.2, 0.25) is 0 Å². The summed E-state index contributed by atoms with van der Waals surface area (Å²) in [5.74, 6) is 0. The third-order valence-electron chi connectivity index (χ3n) is 3.78. The Balaban J connectivity index is 2.42. The number of hydrogen-bond acceptors (Lipinski definition) is 4. The zero-order valence-corrected chi connectivity index (χ0v) is 11.4. The summed E-state index contributed by atoms with van der Waals surface area (Å²) in [5, 5.41) is 9.23. The first kappa shape index (κ1) is 13.1. The molecular weight excluding hydrogens is 227 g/mol. The maximum Gasteiger partial charge on any atom is 0.497 e. The molecule has 0 saturated carbocycles. The molecular formula is C13H17BN2O2. The molecule has 18 heavy (non-hydrogen) atoms. The van der Waals surface area contributed by atoms with E-state index in [1.807, 2.05) is 34.6 Å². The van der Waals surface area contributed by atoms with Crippen LogP contribution < -0.4 is 5.46 Å². The summed E-state index contributed by atoms with van der Waals surface area (Å²) >= 11 is 0. The van der Waals surface area contributed by atoms with Crippen molar-refractivity contribution in [3.05, 3.63) is 23.5 Å². The third kappa shape index (κ3) is 1.92. The highest BCUT2D eigenvalue weighted by molar-refractivity contribution is 6.62. The highest BCUT2D eigenvalue weighted by Gasteiger charge is 2.52. The van der Waals surface area contributed by atoms with Crippen LogP contribution in [0.15, 0.2) is 12.4 Å². The smallest absolute Gasteiger partial charge is 0.399 e. The molecule has 2 heterocycles. The van der Waals surface area contributed by atoms with Crippen molar-refractivity contribution in [3.8, 4) is 6.07 Å². The first-order valence-electron chi connectivity index (χ1n) is 5.99. The van der Waals surface area contributed by atoms with Crippen molar-refractivity contribution in [1.82, 2.24) is 4.98 Å². The number of nitrogens with zero attached hydrogens (tertiary/aromatic N) is 2. The molecule has 1 aliphatic heterocycles. The van der Waals surface area contributed by atoms with E-state index in [9.17, 15) is 5.26 Å². The molecule has 1 saturated heterocycles. The zero-order chi connectivity index (χ0) is 13.6. The number of nitriles is 1. The van der Waals surface area contributed by atoms with Crippen LogP contribution in [0.1, 0.15) is 38.8 Å². The Labute approximate surface area is 108 Å². The first-order chi connectivity index (χ1) is 8.28. The predicted molar refractivity (Wildman–Crippen MR) is 69.4 cm³/mol. The van der Waals surface area contributed by atoms with E-state index in [4.69, 9.17) is 9.31 Å². The van der Waals surface area contributed by atoms with Crippen molar-refractivity contribution in [2.45, 2.75) is 45.8 Å². The summed E-state index contributed by atoms with van der Waals surface area (Å²) in [6.07, 6.45) is 3.32. The Morgan fingerprint density at radius 2 is 1.72 bits per heavy atom. The Hall–Kier alpha value is -1.38. The van der Waals surface area contributed by atoms with Crippen molar-refractivity contribution in [2.75, 3.05) is 0 Å². The molecule has 0 atom stereocenters. The van der Waals surface area contributed by atoms with Crippen molar-refractivity contribution in [2.24, 2.45) is 0 Å². The van der Waals surface area contributed by atoms with Crippen LogP contribution in [0.5, 0.6) is 0 Å². The van der Waals surface area contributed by atoms with Gasteiger partial charge in [-0.1, -0.05) is 0 Å². The maximum absolute atomic E-state index is 9.23. The standard InChI is InChI=1S/C13H17BN2O2/c1-9-7-16-8-11(10(9)6-15)14-17-12(2,3)13(4,5)18-14/h7-8H,1-5H3. The van der Waals surface area contributed by atoms with Gasteiger partial charge in [-0.2, -0.15) is 5.26 Å². The summed E-state index contributed by atoms with van der Waals surface area (Å²) in [6.45, 7) is 9.81. The van der Waals surface area contributed by atoms with Gasteiger partial charge in [0.15, 0.2) is 0 Å². The average molecular weight is 244 g/mol. The van der Waals surface area contributed by atoms with Crippen LogP contribution >= 0.6 is 0 Å². The van der Waals surface area contributed by atoms with E-state index in [1.165, 1.54) is 0 Å². The minimum Gasteiger partial charge on any atom is -0.399 e. The van der Waals surface area contributed by atoms with Gasteiger partial charge >= 0.3 is 7.12 Å². The molecule has 0 radical (unpaired) electrons. The molecule has 1 aromatic heterocycles. The van der Waals surface area contributed by atoms with E-state index < -0.39 is 18.3 Å². The third-order valence-corrected chi connectivity index (χ3v) is 3.78. The molecule has 0 unspecified atom stereocenters. The monoisotopic (exact) mass is 244 g/mol. The number of aryl methyl sites for hydroxylation is 1. The van der Waals surface area contributed by atoms with Crippen molar-refractivity contribution < 1.29 is 9.31 Å². The van der Waals surface area contributed by atoms with Gasteiger partial charge in [-0.05, 0) is 40.2 Å². The summed E-state index contributed by atoms with van der Waals surface area (Å²) in [7, 11) is -0.531. The number of rotatable bonds is 1. The van der Waals surface area contributed by atoms with Crippen LogP contribution in [-0.2, 0) is 9.31 Å². The Kier molecular flexibility index (Phi) is 2.96. The maximum atomic E-state index is 9.23. The Morgan fingerprint density at radius 3 is 2.22 bits per heavy atom. The Morgan fingerprint density at radius 1 is 1.17 bits per heavy atom. The summed E-state index contributed by atoms with van der Waals surface area (Å²) in [5.41, 5.74) is 1.31. The second-order valence-electron chi connectivity index (χ2n) is 5.62. The largest absolute Gasteiger partial charge is 0.497 e. The van der Waals surface area contributed by atoms with Gasteiger partial charge in [0.25, 0.3) is 0 Å². The van der Waals surface area contributed by atoms with Gasteiger partial charge in [0.2, 0.25) is 0 Å². The first-order valence-corrected chi connectivity index (χ1v) is 5.99. The molecule has 0 N–H and O–H groups in total. The molecule has 0 bridgehead atoms. The average Bonchev–Trinajstić information content (AvgIpc) is 2.47. The lowest BCUT2D eigenvalue weighted by molar-refractivity contribution is 0.00578. The summed E-state index contributed by atoms with van der Waals surface area (Å²) in [6, 6.07) is 2.20. The van der Waals surface area contributed by atoms with Gasteiger partial charge in [-0.15, -0.1) is 0 Å². The van der Waals surface area contributed by atoms with Crippen molar-refractivity contribution in [1.29, 1.82) is 5.26 Å². The van der Waals surface area contributed by atoms with Crippen LogP contribution in [0.4, 0.5) is 0 Å². The summed E-state index contributed by atoms with van der Waals surface area (Å²) < 4.78 is 11.9. The predicted octanol–water partition coefficient (Wildman–Crippen LogP) is 1.56. The molecule has 2 rings (SSSR count). The van der Waals surface area contributed by atoms with E-state index in [1.54, 1.807) is 12.4 Å². The van der Waals surface area contributed by atoms with Gasteiger partial charge in [-0.3, -0.25) is 4.98 Å². The number of pyridine rings is 1. The topological polar surface area (TPSA) is 55.1 Å². The second kappa shape index (κ2) is 4.08.